The lowest BCUT2D eigenvalue weighted by atomic mass is 10.1. The predicted octanol–water partition coefficient (Wildman–Crippen LogP) is 2.52. The molecular formula is C13H15FO4. The van der Waals surface area contributed by atoms with Gasteiger partial charge >= 0.3 is 5.97 Å². The van der Waals surface area contributed by atoms with E-state index in [0.717, 1.165) is 6.07 Å². The largest absolute Gasteiger partial charge is 0.478 e. The number of Topliss-reactive ketones (excluding diaryl/α,β-unsaturated/α-hetero) is 1. The van der Waals surface area contributed by atoms with Crippen molar-refractivity contribution in [3.63, 3.8) is 0 Å². The van der Waals surface area contributed by atoms with Crippen molar-refractivity contribution in [3.8, 4) is 5.75 Å². The van der Waals surface area contributed by atoms with Gasteiger partial charge in [0.2, 0.25) is 0 Å². The highest BCUT2D eigenvalue weighted by molar-refractivity contribution is 5.94. The molecule has 0 fully saturated rings. The topological polar surface area (TPSA) is 63.6 Å². The van der Waals surface area contributed by atoms with Gasteiger partial charge in [0.05, 0.1) is 5.56 Å². The molecule has 0 heterocycles. The SMILES string of the molecule is CC(=O)c1ccc(OC(C(=O)O)C(C)C)cc1F. The lowest BCUT2D eigenvalue weighted by Gasteiger charge is -2.18. The third-order valence-corrected chi connectivity index (χ3v) is 2.43. The molecule has 0 aliphatic rings. The van der Waals surface area contributed by atoms with E-state index in [1.165, 1.54) is 19.1 Å². The molecule has 1 unspecified atom stereocenters. The highest BCUT2D eigenvalue weighted by Gasteiger charge is 2.23. The van der Waals surface area contributed by atoms with E-state index in [1.54, 1.807) is 13.8 Å². The maximum atomic E-state index is 13.5. The molecule has 0 bridgehead atoms. The molecule has 1 atom stereocenters. The molecule has 0 aromatic heterocycles. The molecule has 1 rings (SSSR count). The molecule has 1 aromatic rings. The number of rotatable bonds is 5. The second-order valence-electron chi connectivity index (χ2n) is 4.32. The van der Waals surface area contributed by atoms with E-state index in [2.05, 4.69) is 0 Å². The molecule has 0 saturated carbocycles. The molecule has 1 aromatic carbocycles. The van der Waals surface area contributed by atoms with Gasteiger partial charge in [-0.3, -0.25) is 4.79 Å². The van der Waals surface area contributed by atoms with Crippen LogP contribution in [0.3, 0.4) is 0 Å². The number of ether oxygens (including phenoxy) is 1. The zero-order chi connectivity index (χ0) is 13.9. The number of aliphatic carboxylic acids is 1. The summed E-state index contributed by atoms with van der Waals surface area (Å²) < 4.78 is 18.7. The van der Waals surface area contributed by atoms with Crippen molar-refractivity contribution < 1.29 is 23.8 Å². The first-order valence-electron chi connectivity index (χ1n) is 5.53. The Hall–Kier alpha value is -1.91. The van der Waals surface area contributed by atoms with Gasteiger partial charge in [-0.15, -0.1) is 0 Å². The maximum absolute atomic E-state index is 13.5. The molecule has 98 valence electrons. The number of carbonyl (C=O) groups excluding carboxylic acids is 1. The third-order valence-electron chi connectivity index (χ3n) is 2.43. The van der Waals surface area contributed by atoms with Crippen molar-refractivity contribution in [1.29, 1.82) is 0 Å². The van der Waals surface area contributed by atoms with E-state index in [4.69, 9.17) is 9.84 Å². The molecule has 1 N–H and O–H groups in total. The normalized spacial score (nSPS) is 12.3. The molecule has 0 saturated heterocycles. The Morgan fingerprint density at radius 1 is 1.33 bits per heavy atom. The molecule has 0 aliphatic carbocycles. The quantitative estimate of drug-likeness (QED) is 0.820. The summed E-state index contributed by atoms with van der Waals surface area (Å²) in [6.07, 6.45) is -1.05. The predicted molar refractivity (Wildman–Crippen MR) is 63.3 cm³/mol. The zero-order valence-electron chi connectivity index (χ0n) is 10.4. The second-order valence-corrected chi connectivity index (χ2v) is 4.32. The first-order chi connectivity index (χ1) is 8.32. The Morgan fingerprint density at radius 2 is 1.94 bits per heavy atom. The van der Waals surface area contributed by atoms with Crippen LogP contribution in [0.2, 0.25) is 0 Å². The van der Waals surface area contributed by atoms with Gasteiger partial charge in [0, 0.05) is 12.0 Å². The Kier molecular flexibility index (Phi) is 4.42. The molecule has 0 spiro atoms. The molecule has 18 heavy (non-hydrogen) atoms. The van der Waals surface area contributed by atoms with Crippen LogP contribution in [-0.2, 0) is 4.79 Å². The van der Waals surface area contributed by atoms with Gasteiger partial charge in [-0.05, 0) is 19.1 Å². The first kappa shape index (κ1) is 14.2. The van der Waals surface area contributed by atoms with Gasteiger partial charge in [0.1, 0.15) is 11.6 Å². The van der Waals surface area contributed by atoms with Crippen LogP contribution < -0.4 is 4.74 Å². The summed E-state index contributed by atoms with van der Waals surface area (Å²) in [7, 11) is 0. The molecule has 0 aliphatic heterocycles. The summed E-state index contributed by atoms with van der Waals surface area (Å²) in [5.41, 5.74) is -0.0428. The Morgan fingerprint density at radius 3 is 2.33 bits per heavy atom. The lowest BCUT2D eigenvalue weighted by molar-refractivity contribution is -0.147. The zero-order valence-corrected chi connectivity index (χ0v) is 10.4. The summed E-state index contributed by atoms with van der Waals surface area (Å²) >= 11 is 0. The van der Waals surface area contributed by atoms with Crippen molar-refractivity contribution in [2.24, 2.45) is 5.92 Å². The number of carboxylic acids is 1. The number of carbonyl (C=O) groups is 2. The van der Waals surface area contributed by atoms with E-state index in [1.807, 2.05) is 0 Å². The van der Waals surface area contributed by atoms with Crippen LogP contribution in [-0.4, -0.2) is 23.0 Å². The van der Waals surface area contributed by atoms with Crippen molar-refractivity contribution >= 4 is 11.8 Å². The van der Waals surface area contributed by atoms with Crippen molar-refractivity contribution in [2.45, 2.75) is 26.9 Å². The number of ketones is 1. The molecular weight excluding hydrogens is 239 g/mol. The third kappa shape index (κ3) is 3.29. The smallest absolute Gasteiger partial charge is 0.345 e. The minimum Gasteiger partial charge on any atom is -0.478 e. The van der Waals surface area contributed by atoms with Gasteiger partial charge < -0.3 is 9.84 Å². The maximum Gasteiger partial charge on any atom is 0.345 e. The average molecular weight is 254 g/mol. The Balaban J connectivity index is 2.95. The summed E-state index contributed by atoms with van der Waals surface area (Å²) in [5.74, 6) is -2.37. The summed E-state index contributed by atoms with van der Waals surface area (Å²) in [6.45, 7) is 4.64. The van der Waals surface area contributed by atoms with Crippen molar-refractivity contribution in [3.05, 3.63) is 29.6 Å². The fourth-order valence-corrected chi connectivity index (χ4v) is 1.47. The molecule has 5 heteroatoms. The highest BCUT2D eigenvalue weighted by Crippen LogP contribution is 2.20. The summed E-state index contributed by atoms with van der Waals surface area (Å²) in [5, 5.41) is 8.94. The number of hydrogen-bond donors (Lipinski definition) is 1. The highest BCUT2D eigenvalue weighted by atomic mass is 19.1. The van der Waals surface area contributed by atoms with Gasteiger partial charge in [0.25, 0.3) is 0 Å². The van der Waals surface area contributed by atoms with Crippen molar-refractivity contribution in [1.82, 2.24) is 0 Å². The molecule has 0 radical (unpaired) electrons. The van der Waals surface area contributed by atoms with E-state index >= 15 is 0 Å². The van der Waals surface area contributed by atoms with Crippen LogP contribution in [0.4, 0.5) is 4.39 Å². The fourth-order valence-electron chi connectivity index (χ4n) is 1.47. The molecule has 0 amide bonds. The minimum absolute atomic E-state index is 0.0428. The van der Waals surface area contributed by atoms with Crippen LogP contribution in [0.1, 0.15) is 31.1 Å². The van der Waals surface area contributed by atoms with E-state index in [9.17, 15) is 14.0 Å². The monoisotopic (exact) mass is 254 g/mol. The van der Waals surface area contributed by atoms with Gasteiger partial charge in [-0.1, -0.05) is 13.8 Å². The van der Waals surface area contributed by atoms with Gasteiger partial charge in [-0.25, -0.2) is 9.18 Å². The summed E-state index contributed by atoms with van der Waals surface area (Å²) in [4.78, 5) is 22.0. The number of benzene rings is 1. The Labute approximate surface area is 104 Å². The summed E-state index contributed by atoms with van der Waals surface area (Å²) in [6, 6.07) is 3.69. The first-order valence-corrected chi connectivity index (χ1v) is 5.53. The van der Waals surface area contributed by atoms with E-state index in [-0.39, 0.29) is 17.2 Å². The van der Waals surface area contributed by atoms with E-state index < -0.39 is 23.7 Å². The fraction of sp³-hybridized carbons (Fsp3) is 0.385. The van der Waals surface area contributed by atoms with Gasteiger partial charge in [-0.2, -0.15) is 0 Å². The Bertz CT molecular complexity index is 468. The molecule has 4 nitrogen and oxygen atoms in total. The standard InChI is InChI=1S/C13H15FO4/c1-7(2)12(13(16)17)18-9-4-5-10(8(3)15)11(14)6-9/h4-7,12H,1-3H3,(H,16,17). The van der Waals surface area contributed by atoms with Crippen LogP contribution >= 0.6 is 0 Å². The van der Waals surface area contributed by atoms with E-state index in [0.29, 0.717) is 0 Å². The van der Waals surface area contributed by atoms with Gasteiger partial charge in [0.15, 0.2) is 11.9 Å². The van der Waals surface area contributed by atoms with Crippen LogP contribution in [0.5, 0.6) is 5.75 Å². The van der Waals surface area contributed by atoms with Crippen LogP contribution in [0.15, 0.2) is 18.2 Å². The minimum atomic E-state index is -1.11. The van der Waals surface area contributed by atoms with Crippen LogP contribution in [0, 0.1) is 11.7 Å². The number of halogens is 1. The lowest BCUT2D eigenvalue weighted by Crippen LogP contribution is -2.32. The van der Waals surface area contributed by atoms with Crippen molar-refractivity contribution in [2.75, 3.05) is 0 Å². The van der Waals surface area contributed by atoms with Crippen LogP contribution in [0.25, 0.3) is 0 Å². The second kappa shape index (κ2) is 5.62. The number of hydrogen-bond acceptors (Lipinski definition) is 3. The number of carboxylic acid groups (broad SMARTS) is 1. The average Bonchev–Trinajstić information content (AvgIpc) is 2.24.